The van der Waals surface area contributed by atoms with E-state index < -0.39 is 0 Å². The van der Waals surface area contributed by atoms with Crippen LogP contribution < -0.4 is 5.32 Å². The van der Waals surface area contributed by atoms with Gasteiger partial charge in [0.1, 0.15) is 4.88 Å². The lowest BCUT2D eigenvalue weighted by Gasteiger charge is -2.01. The Kier molecular flexibility index (Phi) is 3.73. The van der Waals surface area contributed by atoms with E-state index in [4.69, 9.17) is 0 Å². The predicted octanol–water partition coefficient (Wildman–Crippen LogP) is 3.21. The van der Waals surface area contributed by atoms with E-state index in [1.54, 1.807) is 16.8 Å². The molecule has 84 valence electrons. The Morgan fingerprint density at radius 1 is 1.56 bits per heavy atom. The molecule has 0 aliphatic rings. The van der Waals surface area contributed by atoms with Crippen molar-refractivity contribution in [3.05, 3.63) is 36.9 Å². The standard InChI is InChI=1S/C10H9BrN2OS2/c1-6-9(15-5-13-6)10(14)12-4-7-2-3-8(11)16-7/h2-3,5H,4H2,1H3,(H,12,14). The van der Waals surface area contributed by atoms with Crippen molar-refractivity contribution in [2.24, 2.45) is 0 Å². The van der Waals surface area contributed by atoms with Crippen LogP contribution in [0.2, 0.25) is 0 Å². The Morgan fingerprint density at radius 3 is 2.94 bits per heavy atom. The summed E-state index contributed by atoms with van der Waals surface area (Å²) in [5, 5.41) is 2.88. The quantitative estimate of drug-likeness (QED) is 0.944. The van der Waals surface area contributed by atoms with Crippen LogP contribution in [0.3, 0.4) is 0 Å². The largest absolute Gasteiger partial charge is 0.346 e. The van der Waals surface area contributed by atoms with Gasteiger partial charge in [-0.2, -0.15) is 0 Å². The molecule has 0 unspecified atom stereocenters. The first-order chi connectivity index (χ1) is 7.66. The number of thiazole rings is 1. The molecule has 0 atom stereocenters. The van der Waals surface area contributed by atoms with Crippen molar-refractivity contribution in [3.63, 3.8) is 0 Å². The lowest BCUT2D eigenvalue weighted by molar-refractivity contribution is 0.0954. The summed E-state index contributed by atoms with van der Waals surface area (Å²) >= 11 is 6.38. The molecule has 6 heteroatoms. The van der Waals surface area contributed by atoms with Crippen molar-refractivity contribution in [1.82, 2.24) is 10.3 Å². The zero-order chi connectivity index (χ0) is 11.5. The third kappa shape index (κ3) is 2.69. The molecule has 2 rings (SSSR count). The molecule has 0 spiro atoms. The fraction of sp³-hybridized carbons (Fsp3) is 0.200. The highest BCUT2D eigenvalue weighted by atomic mass is 79.9. The number of aryl methyl sites for hydroxylation is 1. The first-order valence-corrected chi connectivity index (χ1v) is 7.08. The minimum Gasteiger partial charge on any atom is -0.346 e. The number of rotatable bonds is 3. The monoisotopic (exact) mass is 316 g/mol. The minimum absolute atomic E-state index is 0.0514. The van der Waals surface area contributed by atoms with Gasteiger partial charge in [0.15, 0.2) is 0 Å². The molecular formula is C10H9BrN2OS2. The van der Waals surface area contributed by atoms with Crippen LogP contribution in [-0.4, -0.2) is 10.9 Å². The second-order valence-electron chi connectivity index (χ2n) is 3.16. The van der Waals surface area contributed by atoms with E-state index >= 15 is 0 Å². The van der Waals surface area contributed by atoms with Crippen LogP contribution in [0.1, 0.15) is 20.2 Å². The van der Waals surface area contributed by atoms with Gasteiger partial charge in [0, 0.05) is 4.88 Å². The minimum atomic E-state index is -0.0514. The zero-order valence-electron chi connectivity index (χ0n) is 8.49. The van der Waals surface area contributed by atoms with Gasteiger partial charge in [-0.05, 0) is 35.0 Å². The zero-order valence-corrected chi connectivity index (χ0v) is 11.7. The maximum Gasteiger partial charge on any atom is 0.263 e. The van der Waals surface area contributed by atoms with Gasteiger partial charge < -0.3 is 5.32 Å². The number of hydrogen-bond donors (Lipinski definition) is 1. The molecule has 0 fully saturated rings. The summed E-state index contributed by atoms with van der Waals surface area (Å²) in [6, 6.07) is 3.97. The highest BCUT2D eigenvalue weighted by Gasteiger charge is 2.11. The van der Waals surface area contributed by atoms with E-state index in [0.29, 0.717) is 11.4 Å². The Morgan fingerprint density at radius 2 is 2.38 bits per heavy atom. The number of nitrogens with zero attached hydrogens (tertiary/aromatic N) is 1. The van der Waals surface area contributed by atoms with E-state index in [1.165, 1.54) is 11.3 Å². The van der Waals surface area contributed by atoms with Gasteiger partial charge in [-0.15, -0.1) is 22.7 Å². The summed E-state index contributed by atoms with van der Waals surface area (Å²) in [7, 11) is 0. The lowest BCUT2D eigenvalue weighted by Crippen LogP contribution is -2.22. The Balaban J connectivity index is 1.96. The van der Waals surface area contributed by atoms with Gasteiger partial charge >= 0.3 is 0 Å². The maximum absolute atomic E-state index is 11.8. The van der Waals surface area contributed by atoms with Crippen molar-refractivity contribution >= 4 is 44.5 Å². The number of amides is 1. The average Bonchev–Trinajstić information content (AvgIpc) is 2.84. The first-order valence-electron chi connectivity index (χ1n) is 4.59. The van der Waals surface area contributed by atoms with E-state index in [1.807, 2.05) is 19.1 Å². The summed E-state index contributed by atoms with van der Waals surface area (Å²) in [6.45, 7) is 2.40. The van der Waals surface area contributed by atoms with E-state index in [2.05, 4.69) is 26.2 Å². The molecule has 0 saturated carbocycles. The highest BCUT2D eigenvalue weighted by molar-refractivity contribution is 9.11. The molecule has 1 N–H and O–H groups in total. The van der Waals surface area contributed by atoms with Crippen LogP contribution in [0.15, 0.2) is 21.4 Å². The number of aromatic nitrogens is 1. The van der Waals surface area contributed by atoms with Crippen molar-refractivity contribution in [3.8, 4) is 0 Å². The Labute approximate surface area is 110 Å². The van der Waals surface area contributed by atoms with E-state index in [9.17, 15) is 4.79 Å². The van der Waals surface area contributed by atoms with Gasteiger partial charge in [0.25, 0.3) is 5.91 Å². The van der Waals surface area contributed by atoms with Crippen LogP contribution in [0.25, 0.3) is 0 Å². The molecule has 0 saturated heterocycles. The topological polar surface area (TPSA) is 42.0 Å². The molecule has 16 heavy (non-hydrogen) atoms. The number of thiophene rings is 1. The number of carbonyl (C=O) groups excluding carboxylic acids is 1. The average molecular weight is 317 g/mol. The maximum atomic E-state index is 11.8. The number of nitrogens with one attached hydrogen (secondary N) is 1. The molecule has 0 aromatic carbocycles. The Bertz CT molecular complexity index is 506. The number of halogens is 1. The molecule has 0 radical (unpaired) electrons. The van der Waals surface area contributed by atoms with Crippen LogP contribution in [0.5, 0.6) is 0 Å². The second kappa shape index (κ2) is 5.07. The number of carbonyl (C=O) groups is 1. The van der Waals surface area contributed by atoms with Crippen molar-refractivity contribution in [1.29, 1.82) is 0 Å². The van der Waals surface area contributed by atoms with Gasteiger partial charge in [-0.3, -0.25) is 4.79 Å². The molecule has 1 amide bonds. The molecule has 0 bridgehead atoms. The van der Waals surface area contributed by atoms with Crippen molar-refractivity contribution in [2.75, 3.05) is 0 Å². The van der Waals surface area contributed by atoms with Gasteiger partial charge in [0.05, 0.1) is 21.5 Å². The highest BCUT2D eigenvalue weighted by Crippen LogP contribution is 2.22. The van der Waals surface area contributed by atoms with E-state index in [-0.39, 0.29) is 5.91 Å². The summed E-state index contributed by atoms with van der Waals surface area (Å²) < 4.78 is 1.07. The van der Waals surface area contributed by atoms with Crippen molar-refractivity contribution in [2.45, 2.75) is 13.5 Å². The fourth-order valence-corrected chi connectivity index (χ4v) is 3.36. The van der Waals surface area contributed by atoms with Crippen LogP contribution in [0, 0.1) is 6.92 Å². The summed E-state index contributed by atoms with van der Waals surface area (Å²) in [6.07, 6.45) is 0. The van der Waals surface area contributed by atoms with E-state index in [0.717, 1.165) is 14.4 Å². The SMILES string of the molecule is Cc1ncsc1C(=O)NCc1ccc(Br)s1. The number of hydrogen-bond acceptors (Lipinski definition) is 4. The first kappa shape index (κ1) is 11.8. The molecule has 2 aromatic rings. The lowest BCUT2D eigenvalue weighted by atomic mass is 10.3. The van der Waals surface area contributed by atoms with Gasteiger partial charge in [-0.1, -0.05) is 0 Å². The predicted molar refractivity (Wildman–Crippen MR) is 70.0 cm³/mol. The van der Waals surface area contributed by atoms with Crippen LogP contribution in [-0.2, 0) is 6.54 Å². The van der Waals surface area contributed by atoms with Crippen molar-refractivity contribution < 1.29 is 4.79 Å². The summed E-state index contributed by atoms with van der Waals surface area (Å²) in [5.74, 6) is -0.0514. The van der Waals surface area contributed by atoms with Gasteiger partial charge in [-0.25, -0.2) is 4.98 Å². The molecular weight excluding hydrogens is 308 g/mol. The third-order valence-corrected chi connectivity index (χ3v) is 4.55. The summed E-state index contributed by atoms with van der Waals surface area (Å²) in [5.41, 5.74) is 2.47. The molecule has 3 nitrogen and oxygen atoms in total. The normalized spacial score (nSPS) is 10.4. The second-order valence-corrected chi connectivity index (χ2v) is 6.56. The third-order valence-electron chi connectivity index (χ3n) is 2.00. The molecule has 0 aliphatic heterocycles. The summed E-state index contributed by atoms with van der Waals surface area (Å²) in [4.78, 5) is 17.6. The molecule has 2 aromatic heterocycles. The Hall–Kier alpha value is -0.720. The smallest absolute Gasteiger partial charge is 0.263 e. The fourth-order valence-electron chi connectivity index (χ4n) is 1.21. The van der Waals surface area contributed by atoms with Gasteiger partial charge in [0.2, 0.25) is 0 Å². The van der Waals surface area contributed by atoms with Crippen LogP contribution in [0.4, 0.5) is 0 Å². The molecule has 0 aliphatic carbocycles. The van der Waals surface area contributed by atoms with Crippen LogP contribution >= 0.6 is 38.6 Å². The molecule has 2 heterocycles.